The molecule has 0 bridgehead atoms. The molecule has 3 aromatic rings. The number of β-amino-alcohol motifs (C(OH)–C–C–N with tert-alkyl or cyclic N) is 1. The normalized spacial score (nSPS) is 21.8. The Balaban J connectivity index is 1.29. The molecule has 7 nitrogen and oxygen atoms in total. The van der Waals surface area contributed by atoms with Crippen LogP contribution in [0.1, 0.15) is 78.9 Å². The first-order chi connectivity index (χ1) is 20.8. The van der Waals surface area contributed by atoms with Gasteiger partial charge in [-0.2, -0.15) is 13.2 Å². The molecule has 0 radical (unpaired) electrons. The molecular weight excluding hydrogens is 591 g/mol. The minimum atomic E-state index is -4.70. The van der Waals surface area contributed by atoms with Crippen LogP contribution in [0.2, 0.25) is 0 Å². The minimum Gasteiger partial charge on any atom is -0.389 e. The Morgan fingerprint density at radius 2 is 1.84 bits per heavy atom. The average molecular weight is 630 g/mol. The first-order valence-electron chi connectivity index (χ1n) is 14.9. The van der Waals surface area contributed by atoms with Crippen LogP contribution in [0.3, 0.4) is 0 Å². The van der Waals surface area contributed by atoms with Crippen molar-refractivity contribution in [1.29, 1.82) is 0 Å². The number of aryl methyl sites for hydroxylation is 1. The minimum absolute atomic E-state index is 0.235. The van der Waals surface area contributed by atoms with Crippen LogP contribution in [0, 0.1) is 0 Å². The fourth-order valence-electron chi connectivity index (χ4n) is 6.28. The molecule has 0 aromatic heterocycles. The van der Waals surface area contributed by atoms with E-state index < -0.39 is 38.3 Å². The number of amides is 1. The van der Waals surface area contributed by atoms with Gasteiger partial charge in [0.1, 0.15) is 0 Å². The van der Waals surface area contributed by atoms with Gasteiger partial charge in [0.2, 0.25) is 15.9 Å². The molecule has 1 fully saturated rings. The zero-order valence-electron chi connectivity index (χ0n) is 24.6. The molecule has 1 saturated heterocycles. The summed E-state index contributed by atoms with van der Waals surface area (Å²) in [6, 6.07) is 17.1. The van der Waals surface area contributed by atoms with Crippen LogP contribution in [0.4, 0.5) is 13.2 Å². The van der Waals surface area contributed by atoms with E-state index in [1.807, 2.05) is 13.0 Å². The highest BCUT2D eigenvalue weighted by Gasteiger charge is 2.33. The molecule has 3 aromatic carbocycles. The van der Waals surface area contributed by atoms with Crippen LogP contribution in [-0.2, 0) is 34.0 Å². The molecule has 3 N–H and O–H groups in total. The van der Waals surface area contributed by atoms with E-state index in [0.717, 1.165) is 80.1 Å². The third-order valence-corrected chi connectivity index (χ3v) is 9.85. The van der Waals surface area contributed by atoms with Gasteiger partial charge in [0.25, 0.3) is 0 Å². The second kappa shape index (κ2) is 13.0. The van der Waals surface area contributed by atoms with Gasteiger partial charge in [0, 0.05) is 19.5 Å². The molecule has 1 aliphatic heterocycles. The maximum absolute atomic E-state index is 13.4. The summed E-state index contributed by atoms with van der Waals surface area (Å²) < 4.78 is 68.7. The number of nitrogens with one attached hydrogen (secondary N) is 2. The van der Waals surface area contributed by atoms with E-state index in [-0.39, 0.29) is 18.4 Å². The summed E-state index contributed by atoms with van der Waals surface area (Å²) in [7, 11) is -4.39. The summed E-state index contributed by atoms with van der Waals surface area (Å²) in [5.74, 6) is -0.372. The average Bonchev–Trinajstić information content (AvgIpc) is 2.96. The number of halogens is 3. The molecule has 3 unspecified atom stereocenters. The van der Waals surface area contributed by atoms with Crippen molar-refractivity contribution in [3.63, 3.8) is 0 Å². The fraction of sp³-hybridized carbons (Fsp3) is 0.424. The third kappa shape index (κ3) is 8.06. The zero-order valence-corrected chi connectivity index (χ0v) is 25.4. The van der Waals surface area contributed by atoms with Crippen molar-refractivity contribution in [2.75, 3.05) is 13.1 Å². The van der Waals surface area contributed by atoms with Gasteiger partial charge in [0.05, 0.1) is 28.1 Å². The molecule has 1 heterocycles. The maximum atomic E-state index is 13.4. The SMILES string of the molecule is CC1(O)CCCN(Cc2ccc3c(c2)CCCC3NC(=O)CC(NS(=O)(=O)c2cccc(C(F)(F)F)c2)c2ccccc2)C1. The van der Waals surface area contributed by atoms with Gasteiger partial charge in [-0.25, -0.2) is 13.1 Å². The smallest absolute Gasteiger partial charge is 0.389 e. The number of carbonyl (C=O) groups is 1. The molecule has 1 aliphatic carbocycles. The lowest BCUT2D eigenvalue weighted by atomic mass is 9.86. The molecule has 11 heteroatoms. The van der Waals surface area contributed by atoms with E-state index in [2.05, 4.69) is 27.1 Å². The summed E-state index contributed by atoms with van der Waals surface area (Å²) in [5, 5.41) is 13.5. The Labute approximate surface area is 256 Å². The van der Waals surface area contributed by atoms with E-state index in [1.54, 1.807) is 30.3 Å². The van der Waals surface area contributed by atoms with Crippen LogP contribution in [0.5, 0.6) is 0 Å². The molecule has 3 atom stereocenters. The second-order valence-electron chi connectivity index (χ2n) is 12.2. The Bertz CT molecular complexity index is 1580. The molecular formula is C33H38F3N3O4S. The standard InChI is InChI=1S/C33H38F3N3O4S/c1-32(41)16-7-17-39(22-32)21-23-14-15-28-25(18-23)10-5-13-29(28)37-31(40)20-30(24-8-3-2-4-9-24)38-44(42,43)27-12-6-11-26(19-27)33(34,35)36/h2-4,6,8-9,11-12,14-15,18-19,29-30,38,41H,5,7,10,13,16-17,20-22H2,1H3,(H,37,40). The number of rotatable bonds is 9. The van der Waals surface area contributed by atoms with Crippen LogP contribution >= 0.6 is 0 Å². The monoisotopic (exact) mass is 629 g/mol. The number of sulfonamides is 1. The van der Waals surface area contributed by atoms with E-state index in [0.29, 0.717) is 18.2 Å². The molecule has 1 amide bonds. The van der Waals surface area contributed by atoms with Crippen LogP contribution in [0.15, 0.2) is 77.7 Å². The van der Waals surface area contributed by atoms with E-state index in [1.165, 1.54) is 0 Å². The van der Waals surface area contributed by atoms with Crippen molar-refractivity contribution in [3.8, 4) is 0 Å². The number of likely N-dealkylation sites (tertiary alicyclic amines) is 1. The van der Waals surface area contributed by atoms with E-state index in [9.17, 15) is 31.5 Å². The predicted molar refractivity (Wildman–Crippen MR) is 161 cm³/mol. The quantitative estimate of drug-likeness (QED) is 0.284. The van der Waals surface area contributed by atoms with E-state index >= 15 is 0 Å². The Hall–Kier alpha value is -3.25. The number of hydrogen-bond donors (Lipinski definition) is 3. The lowest BCUT2D eigenvalue weighted by Gasteiger charge is -2.37. The van der Waals surface area contributed by atoms with Crippen LogP contribution in [0.25, 0.3) is 0 Å². The highest BCUT2D eigenvalue weighted by molar-refractivity contribution is 7.89. The number of alkyl halides is 3. The number of benzene rings is 3. The Morgan fingerprint density at radius 3 is 2.57 bits per heavy atom. The number of carbonyl (C=O) groups excluding carboxylic acids is 1. The lowest BCUT2D eigenvalue weighted by Crippen LogP contribution is -2.45. The Kier molecular flexibility index (Phi) is 9.50. The number of nitrogens with zero attached hydrogens (tertiary/aromatic N) is 1. The number of hydrogen-bond acceptors (Lipinski definition) is 5. The van der Waals surface area contributed by atoms with Crippen LogP contribution < -0.4 is 10.0 Å². The number of piperidine rings is 1. The summed E-state index contributed by atoms with van der Waals surface area (Å²) in [6.07, 6.45) is -0.685. The first kappa shape index (κ1) is 32.2. The Morgan fingerprint density at radius 1 is 1.07 bits per heavy atom. The van der Waals surface area contributed by atoms with Gasteiger partial charge >= 0.3 is 6.18 Å². The topological polar surface area (TPSA) is 98.7 Å². The van der Waals surface area contributed by atoms with Gasteiger partial charge in [-0.05, 0) is 86.0 Å². The lowest BCUT2D eigenvalue weighted by molar-refractivity contribution is -0.137. The van der Waals surface area contributed by atoms with Crippen molar-refractivity contribution in [2.45, 2.75) is 80.7 Å². The third-order valence-electron chi connectivity index (χ3n) is 8.38. The molecule has 5 rings (SSSR count). The van der Waals surface area contributed by atoms with Gasteiger partial charge in [-0.15, -0.1) is 0 Å². The second-order valence-corrected chi connectivity index (χ2v) is 13.9. The highest BCUT2D eigenvalue weighted by atomic mass is 32.2. The van der Waals surface area contributed by atoms with Gasteiger partial charge in [-0.3, -0.25) is 9.69 Å². The largest absolute Gasteiger partial charge is 0.416 e. The summed E-state index contributed by atoms with van der Waals surface area (Å²) in [4.78, 5) is 15.1. The molecule has 44 heavy (non-hydrogen) atoms. The summed E-state index contributed by atoms with van der Waals surface area (Å²) >= 11 is 0. The van der Waals surface area contributed by atoms with Crippen molar-refractivity contribution in [1.82, 2.24) is 14.9 Å². The zero-order chi connectivity index (χ0) is 31.5. The highest BCUT2D eigenvalue weighted by Crippen LogP contribution is 2.33. The van der Waals surface area contributed by atoms with Crippen molar-refractivity contribution >= 4 is 15.9 Å². The molecule has 2 aliphatic rings. The summed E-state index contributed by atoms with van der Waals surface area (Å²) in [5.41, 5.74) is 2.11. The van der Waals surface area contributed by atoms with Gasteiger partial charge in [0.15, 0.2) is 0 Å². The number of aliphatic hydroxyl groups is 1. The molecule has 236 valence electrons. The molecule has 0 spiro atoms. The van der Waals surface area contributed by atoms with Crippen molar-refractivity contribution < 1.29 is 31.5 Å². The maximum Gasteiger partial charge on any atom is 0.416 e. The fourth-order valence-corrected chi connectivity index (χ4v) is 7.55. The number of fused-ring (bicyclic) bond motifs is 1. The van der Waals surface area contributed by atoms with Crippen molar-refractivity contribution in [2.24, 2.45) is 0 Å². The van der Waals surface area contributed by atoms with E-state index in [4.69, 9.17) is 0 Å². The predicted octanol–water partition coefficient (Wildman–Crippen LogP) is 5.66. The summed E-state index contributed by atoms with van der Waals surface area (Å²) in [6.45, 7) is 4.18. The van der Waals surface area contributed by atoms with Gasteiger partial charge in [-0.1, -0.05) is 54.6 Å². The van der Waals surface area contributed by atoms with Crippen LogP contribution in [-0.4, -0.2) is 43.0 Å². The van der Waals surface area contributed by atoms with Gasteiger partial charge < -0.3 is 10.4 Å². The first-order valence-corrected chi connectivity index (χ1v) is 16.4. The van der Waals surface area contributed by atoms with Crippen molar-refractivity contribution in [3.05, 3.63) is 101 Å². The molecule has 0 saturated carbocycles.